The third-order valence-corrected chi connectivity index (χ3v) is 3.32. The summed E-state index contributed by atoms with van der Waals surface area (Å²) in [6.07, 6.45) is 1.24. The predicted molar refractivity (Wildman–Crippen MR) is 66.5 cm³/mol. The number of nitrogens with zero attached hydrogens (tertiary/aromatic N) is 1. The molecule has 0 aliphatic carbocycles. The molecule has 0 radical (unpaired) electrons. The molecule has 0 unspecified atom stereocenters. The number of Topliss-reactive ketones (excluding diaryl/α,β-unsaturated/α-hetero) is 1. The highest BCUT2D eigenvalue weighted by atomic mass is 16.5. The molecule has 0 aromatic carbocycles. The molecule has 1 saturated heterocycles. The second-order valence-corrected chi connectivity index (χ2v) is 5.43. The zero-order chi connectivity index (χ0) is 13.2. The first-order chi connectivity index (χ1) is 8.53. The van der Waals surface area contributed by atoms with Crippen molar-refractivity contribution in [1.29, 1.82) is 0 Å². The summed E-state index contributed by atoms with van der Waals surface area (Å²) in [6.45, 7) is 5.57. The third kappa shape index (κ3) is 2.79. The van der Waals surface area contributed by atoms with Gasteiger partial charge < -0.3 is 14.6 Å². The summed E-state index contributed by atoms with van der Waals surface area (Å²) in [5, 5.41) is 7.13. The van der Waals surface area contributed by atoms with Crippen molar-refractivity contribution in [3.8, 4) is 0 Å². The monoisotopic (exact) mass is 252 g/mol. The Bertz CT molecular complexity index is 422. The molecule has 1 aromatic rings. The zero-order valence-electron chi connectivity index (χ0n) is 11.2. The molecule has 100 valence electrons. The molecule has 2 heterocycles. The molecule has 1 aliphatic rings. The second-order valence-electron chi connectivity index (χ2n) is 5.43. The average molecular weight is 252 g/mol. The summed E-state index contributed by atoms with van der Waals surface area (Å²) in [7, 11) is 1.66. The van der Waals surface area contributed by atoms with Gasteiger partial charge in [0.25, 0.3) is 0 Å². The Balaban J connectivity index is 1.99. The summed E-state index contributed by atoms with van der Waals surface area (Å²) in [4.78, 5) is 11.8. The minimum absolute atomic E-state index is 0.00513. The minimum atomic E-state index is -0.200. The van der Waals surface area contributed by atoms with Crippen LogP contribution in [0.4, 0.5) is 0 Å². The molecular weight excluding hydrogens is 232 g/mol. The van der Waals surface area contributed by atoms with Crippen LogP contribution in [0.1, 0.15) is 31.7 Å². The van der Waals surface area contributed by atoms with E-state index in [9.17, 15) is 4.79 Å². The van der Waals surface area contributed by atoms with Crippen LogP contribution in [0.5, 0.6) is 0 Å². The molecular formula is C13H20N2O3. The number of hydrogen-bond donors (Lipinski definition) is 1. The molecule has 1 fully saturated rings. The second kappa shape index (κ2) is 5.20. The van der Waals surface area contributed by atoms with Crippen LogP contribution in [-0.2, 0) is 21.4 Å². The van der Waals surface area contributed by atoms with Gasteiger partial charge in [-0.1, -0.05) is 19.0 Å². The first-order valence-corrected chi connectivity index (χ1v) is 6.24. The van der Waals surface area contributed by atoms with E-state index in [1.165, 1.54) is 0 Å². The highest BCUT2D eigenvalue weighted by Crippen LogP contribution is 2.23. The predicted octanol–water partition coefficient (Wildman–Crippen LogP) is 1.07. The fraction of sp³-hybridized carbons (Fsp3) is 0.692. The van der Waals surface area contributed by atoms with Crippen LogP contribution in [-0.4, -0.2) is 37.2 Å². The molecule has 0 spiro atoms. The number of carbonyl (C=O) groups excluding carboxylic acids is 1. The third-order valence-electron chi connectivity index (χ3n) is 3.32. The van der Waals surface area contributed by atoms with E-state index in [-0.39, 0.29) is 17.2 Å². The van der Waals surface area contributed by atoms with Crippen LogP contribution in [0.2, 0.25) is 0 Å². The summed E-state index contributed by atoms with van der Waals surface area (Å²) in [5.74, 6) is 0.807. The zero-order valence-corrected chi connectivity index (χ0v) is 11.2. The number of ether oxygens (including phenoxy) is 1. The molecule has 2 rings (SSSR count). The molecule has 1 atom stereocenters. The quantitative estimate of drug-likeness (QED) is 0.820. The highest BCUT2D eigenvalue weighted by molar-refractivity contribution is 5.86. The number of nitrogens with one attached hydrogen (secondary N) is 1. The van der Waals surface area contributed by atoms with E-state index in [0.717, 1.165) is 18.7 Å². The van der Waals surface area contributed by atoms with Gasteiger partial charge in [0, 0.05) is 18.6 Å². The molecule has 1 N–H and O–H groups in total. The number of rotatable bonds is 6. The van der Waals surface area contributed by atoms with Crippen molar-refractivity contribution in [3.63, 3.8) is 0 Å². The fourth-order valence-electron chi connectivity index (χ4n) is 2.01. The van der Waals surface area contributed by atoms with Crippen molar-refractivity contribution in [2.24, 2.45) is 0 Å². The summed E-state index contributed by atoms with van der Waals surface area (Å²) in [6, 6.07) is 1.86. The van der Waals surface area contributed by atoms with Crippen molar-refractivity contribution in [1.82, 2.24) is 10.5 Å². The van der Waals surface area contributed by atoms with Gasteiger partial charge in [-0.05, 0) is 13.0 Å². The molecule has 5 nitrogen and oxygen atoms in total. The van der Waals surface area contributed by atoms with E-state index < -0.39 is 0 Å². The molecule has 0 saturated carbocycles. The number of aromatic nitrogens is 1. The van der Waals surface area contributed by atoms with E-state index in [2.05, 4.69) is 10.5 Å². The van der Waals surface area contributed by atoms with Gasteiger partial charge in [0.05, 0.1) is 24.8 Å². The van der Waals surface area contributed by atoms with Gasteiger partial charge in [0.1, 0.15) is 5.76 Å². The normalized spacial score (nSPS) is 19.6. The Morgan fingerprint density at radius 2 is 2.39 bits per heavy atom. The first kappa shape index (κ1) is 13.2. The Hall–Kier alpha value is -1.20. The first-order valence-electron chi connectivity index (χ1n) is 6.24. The van der Waals surface area contributed by atoms with E-state index in [1.807, 2.05) is 19.9 Å². The lowest BCUT2D eigenvalue weighted by Crippen LogP contribution is -2.49. The summed E-state index contributed by atoms with van der Waals surface area (Å²) in [5.41, 5.74) is 0.627. The van der Waals surface area contributed by atoms with Gasteiger partial charge in [-0.15, -0.1) is 0 Å². The number of ketones is 1. The van der Waals surface area contributed by atoms with Gasteiger partial charge in [-0.25, -0.2) is 0 Å². The number of carbonyl (C=O) groups is 1. The number of methoxy groups -OCH3 is 1. The van der Waals surface area contributed by atoms with E-state index in [1.54, 1.807) is 7.11 Å². The lowest BCUT2D eigenvalue weighted by molar-refractivity contribution is -0.122. The van der Waals surface area contributed by atoms with Gasteiger partial charge >= 0.3 is 0 Å². The van der Waals surface area contributed by atoms with Crippen LogP contribution >= 0.6 is 0 Å². The van der Waals surface area contributed by atoms with Crippen molar-refractivity contribution < 1.29 is 14.1 Å². The van der Waals surface area contributed by atoms with Crippen molar-refractivity contribution in [2.75, 3.05) is 20.3 Å². The van der Waals surface area contributed by atoms with Gasteiger partial charge in [-0.3, -0.25) is 4.79 Å². The molecule has 18 heavy (non-hydrogen) atoms. The smallest absolute Gasteiger partial charge is 0.157 e. The SMILES string of the molecule is COCC(C)(C)c1cc(CC(=O)[C@@H]2CCN2)on1. The van der Waals surface area contributed by atoms with E-state index in [4.69, 9.17) is 9.26 Å². The van der Waals surface area contributed by atoms with Crippen molar-refractivity contribution in [2.45, 2.75) is 38.1 Å². The maximum atomic E-state index is 11.8. The largest absolute Gasteiger partial charge is 0.384 e. The Morgan fingerprint density at radius 1 is 1.67 bits per heavy atom. The van der Waals surface area contributed by atoms with Crippen LogP contribution in [0.25, 0.3) is 0 Å². The maximum absolute atomic E-state index is 11.8. The van der Waals surface area contributed by atoms with Gasteiger partial charge in [0.2, 0.25) is 0 Å². The lowest BCUT2D eigenvalue weighted by Gasteiger charge is -2.25. The van der Waals surface area contributed by atoms with Crippen LogP contribution in [0.15, 0.2) is 10.6 Å². The lowest BCUT2D eigenvalue weighted by atomic mass is 9.90. The van der Waals surface area contributed by atoms with Crippen molar-refractivity contribution in [3.05, 3.63) is 17.5 Å². The molecule has 0 amide bonds. The van der Waals surface area contributed by atoms with Crippen molar-refractivity contribution >= 4 is 5.78 Å². The van der Waals surface area contributed by atoms with Gasteiger partial charge in [0.15, 0.2) is 5.78 Å². The average Bonchev–Trinajstić information content (AvgIpc) is 2.63. The van der Waals surface area contributed by atoms with E-state index in [0.29, 0.717) is 18.8 Å². The highest BCUT2D eigenvalue weighted by Gasteiger charge is 2.28. The maximum Gasteiger partial charge on any atom is 0.157 e. The molecule has 5 heteroatoms. The van der Waals surface area contributed by atoms with Crippen LogP contribution < -0.4 is 5.32 Å². The Kier molecular flexibility index (Phi) is 3.82. The van der Waals surface area contributed by atoms with Crippen LogP contribution in [0, 0.1) is 0 Å². The topological polar surface area (TPSA) is 64.4 Å². The number of hydrogen-bond acceptors (Lipinski definition) is 5. The Labute approximate surface area is 107 Å². The van der Waals surface area contributed by atoms with E-state index >= 15 is 0 Å². The summed E-state index contributed by atoms with van der Waals surface area (Å²) >= 11 is 0. The summed E-state index contributed by atoms with van der Waals surface area (Å²) < 4.78 is 10.4. The molecule has 0 bridgehead atoms. The standard InChI is InChI=1S/C13H20N2O3/c1-13(2,8-17-3)12-7-9(18-15-12)6-11(16)10-4-5-14-10/h7,10,14H,4-6,8H2,1-3H3/t10-/m0/s1. The molecule has 1 aliphatic heterocycles. The van der Waals surface area contributed by atoms with Crippen LogP contribution in [0.3, 0.4) is 0 Å². The fourth-order valence-corrected chi connectivity index (χ4v) is 2.01. The Morgan fingerprint density at radius 3 is 2.94 bits per heavy atom. The van der Waals surface area contributed by atoms with Gasteiger partial charge in [-0.2, -0.15) is 0 Å². The molecule has 1 aromatic heterocycles. The minimum Gasteiger partial charge on any atom is -0.384 e.